The van der Waals surface area contributed by atoms with Gasteiger partial charge in [0.05, 0.1) is 12.5 Å². The van der Waals surface area contributed by atoms with Crippen LogP contribution in [-0.4, -0.2) is 18.2 Å². The number of ether oxygens (including phenoxy) is 1. The van der Waals surface area contributed by atoms with E-state index in [4.69, 9.17) is 16.3 Å². The minimum absolute atomic E-state index is 0.549. The average Bonchev–Trinajstić information content (AvgIpc) is 2.79. The summed E-state index contributed by atoms with van der Waals surface area (Å²) < 4.78 is 5.27. The van der Waals surface area contributed by atoms with Gasteiger partial charge in [-0.1, -0.05) is 24.4 Å². The first-order valence-corrected chi connectivity index (χ1v) is 6.05. The molecule has 1 N–H and O–H groups in total. The molecule has 1 aliphatic carbocycles. The fraction of sp³-hybridized carbons (Fsp3) is 0.462. The van der Waals surface area contributed by atoms with Crippen LogP contribution in [-0.2, 0) is 10.2 Å². The van der Waals surface area contributed by atoms with E-state index >= 15 is 0 Å². The number of carbonyl (C=O) groups is 1. The quantitative estimate of drug-likeness (QED) is 0.901. The predicted molar refractivity (Wildman–Crippen MR) is 65.8 cm³/mol. The molecule has 1 saturated carbocycles. The van der Waals surface area contributed by atoms with E-state index in [1.165, 1.54) is 0 Å². The number of halogens is 1. The Morgan fingerprint density at radius 3 is 2.59 bits per heavy atom. The van der Waals surface area contributed by atoms with E-state index in [1.54, 1.807) is 25.3 Å². The molecule has 0 aromatic heterocycles. The number of rotatable bonds is 3. The van der Waals surface area contributed by atoms with E-state index in [9.17, 15) is 9.90 Å². The Morgan fingerprint density at radius 1 is 1.41 bits per heavy atom. The highest BCUT2D eigenvalue weighted by atomic mass is 35.5. The van der Waals surface area contributed by atoms with Crippen molar-refractivity contribution in [2.75, 3.05) is 7.11 Å². The molecule has 0 bridgehead atoms. The summed E-state index contributed by atoms with van der Waals surface area (Å²) in [5.41, 5.74) is -0.117. The third-order valence-corrected chi connectivity index (χ3v) is 3.78. The summed E-state index contributed by atoms with van der Waals surface area (Å²) in [6.07, 6.45) is 3.17. The van der Waals surface area contributed by atoms with Crippen molar-refractivity contribution in [3.63, 3.8) is 0 Å². The van der Waals surface area contributed by atoms with Gasteiger partial charge in [-0.3, -0.25) is 4.79 Å². The minimum Gasteiger partial charge on any atom is -0.496 e. The molecular formula is C13H15ClO3. The number of hydrogen-bond donors (Lipinski definition) is 1. The van der Waals surface area contributed by atoms with E-state index in [-0.39, 0.29) is 0 Å². The van der Waals surface area contributed by atoms with Gasteiger partial charge in [-0.2, -0.15) is 0 Å². The zero-order valence-corrected chi connectivity index (χ0v) is 10.5. The van der Waals surface area contributed by atoms with Crippen LogP contribution in [0.25, 0.3) is 0 Å². The van der Waals surface area contributed by atoms with Gasteiger partial charge in [-0.25, -0.2) is 0 Å². The molecule has 17 heavy (non-hydrogen) atoms. The molecule has 1 aromatic carbocycles. The highest BCUT2D eigenvalue weighted by molar-refractivity contribution is 6.30. The number of benzene rings is 1. The first-order chi connectivity index (χ1) is 8.10. The normalized spacial score (nSPS) is 18.0. The van der Waals surface area contributed by atoms with Crippen molar-refractivity contribution < 1.29 is 14.6 Å². The topological polar surface area (TPSA) is 46.5 Å². The Kier molecular flexibility index (Phi) is 3.29. The Labute approximate surface area is 105 Å². The third kappa shape index (κ3) is 2.00. The van der Waals surface area contributed by atoms with Gasteiger partial charge in [-0.05, 0) is 31.0 Å². The molecule has 0 unspecified atom stereocenters. The van der Waals surface area contributed by atoms with Crippen LogP contribution in [0.15, 0.2) is 18.2 Å². The second-order valence-electron chi connectivity index (χ2n) is 4.44. The van der Waals surface area contributed by atoms with Crippen LogP contribution in [0.2, 0.25) is 5.02 Å². The summed E-state index contributed by atoms with van der Waals surface area (Å²) in [5.74, 6) is -0.172. The second kappa shape index (κ2) is 4.57. The number of methoxy groups -OCH3 is 1. The summed E-state index contributed by atoms with van der Waals surface area (Å²) in [7, 11) is 1.55. The molecular weight excluding hydrogens is 240 g/mol. The van der Waals surface area contributed by atoms with Crippen LogP contribution in [0.1, 0.15) is 31.2 Å². The molecule has 0 saturated heterocycles. The Hall–Kier alpha value is -1.22. The largest absolute Gasteiger partial charge is 0.496 e. The van der Waals surface area contributed by atoms with Gasteiger partial charge in [0.15, 0.2) is 0 Å². The van der Waals surface area contributed by atoms with Crippen molar-refractivity contribution >= 4 is 17.6 Å². The summed E-state index contributed by atoms with van der Waals surface area (Å²) in [6, 6.07) is 5.18. The lowest BCUT2D eigenvalue weighted by Gasteiger charge is -2.26. The van der Waals surface area contributed by atoms with Crippen LogP contribution >= 0.6 is 11.6 Å². The van der Waals surface area contributed by atoms with Crippen molar-refractivity contribution in [1.29, 1.82) is 0 Å². The van der Waals surface area contributed by atoms with Crippen molar-refractivity contribution in [3.05, 3.63) is 28.8 Å². The standard InChI is InChI=1S/C13H15ClO3/c1-17-11-5-4-9(14)8-10(11)13(12(15)16)6-2-3-7-13/h4-5,8H,2-3,6-7H2,1H3,(H,15,16). The summed E-state index contributed by atoms with van der Waals surface area (Å²) in [5, 5.41) is 10.1. The van der Waals surface area contributed by atoms with E-state index in [0.29, 0.717) is 29.2 Å². The predicted octanol–water partition coefficient (Wildman–Crippen LogP) is 3.25. The lowest BCUT2D eigenvalue weighted by molar-refractivity contribution is -0.143. The average molecular weight is 255 g/mol. The van der Waals surface area contributed by atoms with Crippen molar-refractivity contribution in [2.45, 2.75) is 31.1 Å². The fourth-order valence-corrected chi connectivity index (χ4v) is 2.80. The van der Waals surface area contributed by atoms with E-state index in [1.807, 2.05) is 0 Å². The molecule has 0 aliphatic heterocycles. The molecule has 4 heteroatoms. The van der Waals surface area contributed by atoms with Crippen LogP contribution < -0.4 is 4.74 Å². The number of carboxylic acids is 1. The zero-order chi connectivity index (χ0) is 12.5. The molecule has 1 aliphatic rings. The van der Waals surface area contributed by atoms with E-state index in [0.717, 1.165) is 12.8 Å². The molecule has 1 aromatic rings. The molecule has 0 spiro atoms. The van der Waals surface area contributed by atoms with Crippen LogP contribution in [0, 0.1) is 0 Å². The van der Waals surface area contributed by atoms with Crippen LogP contribution in [0.5, 0.6) is 5.75 Å². The maximum absolute atomic E-state index is 11.6. The van der Waals surface area contributed by atoms with E-state index in [2.05, 4.69) is 0 Å². The number of carboxylic acid groups (broad SMARTS) is 1. The molecule has 3 nitrogen and oxygen atoms in total. The Bertz CT molecular complexity index is 436. The molecule has 0 radical (unpaired) electrons. The molecule has 1 fully saturated rings. The summed E-state index contributed by atoms with van der Waals surface area (Å²) in [6.45, 7) is 0. The van der Waals surface area contributed by atoms with Gasteiger partial charge >= 0.3 is 5.97 Å². The third-order valence-electron chi connectivity index (χ3n) is 3.54. The molecule has 0 heterocycles. The van der Waals surface area contributed by atoms with Crippen molar-refractivity contribution in [3.8, 4) is 5.75 Å². The van der Waals surface area contributed by atoms with Gasteiger partial charge in [0, 0.05) is 10.6 Å². The van der Waals surface area contributed by atoms with Gasteiger partial charge in [0.2, 0.25) is 0 Å². The molecule has 0 amide bonds. The fourth-order valence-electron chi connectivity index (χ4n) is 2.63. The number of aliphatic carboxylic acids is 1. The minimum atomic E-state index is -0.823. The van der Waals surface area contributed by atoms with E-state index < -0.39 is 11.4 Å². The first-order valence-electron chi connectivity index (χ1n) is 5.67. The maximum atomic E-state index is 11.6. The van der Waals surface area contributed by atoms with Gasteiger partial charge in [0.1, 0.15) is 5.75 Å². The Morgan fingerprint density at radius 2 is 2.06 bits per heavy atom. The number of hydrogen-bond acceptors (Lipinski definition) is 2. The zero-order valence-electron chi connectivity index (χ0n) is 9.70. The van der Waals surface area contributed by atoms with Crippen LogP contribution in [0.4, 0.5) is 0 Å². The van der Waals surface area contributed by atoms with Crippen LogP contribution in [0.3, 0.4) is 0 Å². The summed E-state index contributed by atoms with van der Waals surface area (Å²) >= 11 is 5.97. The molecule has 2 rings (SSSR count). The smallest absolute Gasteiger partial charge is 0.314 e. The highest BCUT2D eigenvalue weighted by Gasteiger charge is 2.44. The van der Waals surface area contributed by atoms with Gasteiger partial charge < -0.3 is 9.84 Å². The maximum Gasteiger partial charge on any atom is 0.314 e. The van der Waals surface area contributed by atoms with Crippen molar-refractivity contribution in [2.24, 2.45) is 0 Å². The van der Waals surface area contributed by atoms with Crippen molar-refractivity contribution in [1.82, 2.24) is 0 Å². The van der Waals surface area contributed by atoms with Gasteiger partial charge in [-0.15, -0.1) is 0 Å². The molecule has 92 valence electrons. The Balaban J connectivity index is 2.56. The molecule has 0 atom stereocenters. The summed E-state index contributed by atoms with van der Waals surface area (Å²) in [4.78, 5) is 11.6. The lowest BCUT2D eigenvalue weighted by Crippen LogP contribution is -2.33. The SMILES string of the molecule is COc1ccc(Cl)cc1C1(C(=O)O)CCCC1. The van der Waals surface area contributed by atoms with Gasteiger partial charge in [0.25, 0.3) is 0 Å². The second-order valence-corrected chi connectivity index (χ2v) is 4.88. The monoisotopic (exact) mass is 254 g/mol. The first kappa shape index (κ1) is 12.2. The lowest BCUT2D eigenvalue weighted by atomic mass is 9.78. The highest BCUT2D eigenvalue weighted by Crippen LogP contribution is 2.45.